The average Bonchev–Trinajstić information content (AvgIpc) is 2.66. The number of halogens is 1. The second-order valence-corrected chi connectivity index (χ2v) is 6.93. The van der Waals surface area contributed by atoms with Crippen LogP contribution < -0.4 is 5.32 Å². The minimum atomic E-state index is -0.351. The molecular formula is C20H23FN4O3. The molecular weight excluding hydrogens is 363 g/mol. The maximum atomic E-state index is 12.9. The summed E-state index contributed by atoms with van der Waals surface area (Å²) in [6.07, 6.45) is 0. The second-order valence-electron chi connectivity index (χ2n) is 6.93. The summed E-state index contributed by atoms with van der Waals surface area (Å²) in [6, 6.07) is 10.9. The number of nitrogens with one attached hydrogen (secondary N) is 1. The second kappa shape index (κ2) is 8.90. The van der Waals surface area contributed by atoms with E-state index in [9.17, 15) is 19.3 Å². The highest BCUT2D eigenvalue weighted by atomic mass is 19.1. The lowest BCUT2D eigenvalue weighted by Gasteiger charge is -2.34. The van der Waals surface area contributed by atoms with Gasteiger partial charge in [0, 0.05) is 50.0 Å². The number of piperazine rings is 1. The maximum absolute atomic E-state index is 12.9. The molecule has 1 fully saturated rings. The molecule has 0 saturated carbocycles. The first-order chi connectivity index (χ1) is 13.4. The minimum Gasteiger partial charge on any atom is -0.325 e. The van der Waals surface area contributed by atoms with Gasteiger partial charge in [0.05, 0.1) is 11.5 Å². The van der Waals surface area contributed by atoms with Crippen molar-refractivity contribution in [2.24, 2.45) is 0 Å². The molecule has 0 aliphatic carbocycles. The Balaban J connectivity index is 1.48. The van der Waals surface area contributed by atoms with E-state index in [0.717, 1.165) is 31.7 Å². The van der Waals surface area contributed by atoms with E-state index in [4.69, 9.17) is 0 Å². The third-order valence-electron chi connectivity index (χ3n) is 4.97. The van der Waals surface area contributed by atoms with Gasteiger partial charge in [0.1, 0.15) is 5.82 Å². The number of nitro groups is 1. The van der Waals surface area contributed by atoms with Gasteiger partial charge in [-0.25, -0.2) is 4.39 Å². The highest BCUT2D eigenvalue weighted by Crippen LogP contribution is 2.22. The molecule has 7 nitrogen and oxygen atoms in total. The predicted molar refractivity (Wildman–Crippen MR) is 105 cm³/mol. The van der Waals surface area contributed by atoms with Crippen molar-refractivity contribution in [3.63, 3.8) is 0 Å². The molecule has 28 heavy (non-hydrogen) atoms. The van der Waals surface area contributed by atoms with Crippen LogP contribution in [0.15, 0.2) is 42.5 Å². The van der Waals surface area contributed by atoms with Gasteiger partial charge >= 0.3 is 0 Å². The maximum Gasteiger partial charge on any atom is 0.272 e. The van der Waals surface area contributed by atoms with Gasteiger partial charge in [-0.3, -0.25) is 24.7 Å². The van der Waals surface area contributed by atoms with Crippen molar-refractivity contribution in [1.29, 1.82) is 0 Å². The molecule has 0 bridgehead atoms. The van der Waals surface area contributed by atoms with Crippen LogP contribution in [0.5, 0.6) is 0 Å². The van der Waals surface area contributed by atoms with Crippen LogP contribution >= 0.6 is 0 Å². The van der Waals surface area contributed by atoms with Gasteiger partial charge < -0.3 is 5.32 Å². The number of hydrogen-bond acceptors (Lipinski definition) is 5. The number of amides is 1. The SMILES string of the molecule is Cc1c(CN2CCN(CC(=O)Nc3ccc(F)cc3)CC2)cccc1[N+](=O)[O-]. The first-order valence-electron chi connectivity index (χ1n) is 9.15. The molecule has 2 aromatic rings. The normalized spacial score (nSPS) is 15.4. The zero-order chi connectivity index (χ0) is 20.1. The Labute approximate surface area is 162 Å². The zero-order valence-electron chi connectivity index (χ0n) is 15.7. The van der Waals surface area contributed by atoms with Crippen molar-refractivity contribution in [3.8, 4) is 0 Å². The van der Waals surface area contributed by atoms with Crippen molar-refractivity contribution >= 4 is 17.3 Å². The van der Waals surface area contributed by atoms with E-state index in [1.54, 1.807) is 13.0 Å². The van der Waals surface area contributed by atoms with Crippen molar-refractivity contribution in [2.45, 2.75) is 13.5 Å². The average molecular weight is 386 g/mol. The summed E-state index contributed by atoms with van der Waals surface area (Å²) in [5.41, 5.74) is 2.38. The molecule has 0 spiro atoms. The summed E-state index contributed by atoms with van der Waals surface area (Å²) in [7, 11) is 0. The van der Waals surface area contributed by atoms with E-state index in [1.807, 2.05) is 6.07 Å². The monoisotopic (exact) mass is 386 g/mol. The number of nitrogens with zero attached hydrogens (tertiary/aromatic N) is 3. The molecule has 0 aromatic heterocycles. The minimum absolute atomic E-state index is 0.130. The Morgan fingerprint density at radius 2 is 1.75 bits per heavy atom. The lowest BCUT2D eigenvalue weighted by molar-refractivity contribution is -0.385. The van der Waals surface area contributed by atoms with Gasteiger partial charge in [-0.05, 0) is 36.8 Å². The number of benzene rings is 2. The molecule has 0 unspecified atom stereocenters. The molecule has 1 heterocycles. The van der Waals surface area contributed by atoms with E-state index < -0.39 is 0 Å². The lowest BCUT2D eigenvalue weighted by atomic mass is 10.1. The summed E-state index contributed by atoms with van der Waals surface area (Å²) in [4.78, 5) is 27.2. The van der Waals surface area contributed by atoms with Gasteiger partial charge in [0.2, 0.25) is 5.91 Å². The number of hydrogen-bond donors (Lipinski definition) is 1. The van der Waals surface area contributed by atoms with Crippen LogP contribution in [-0.2, 0) is 11.3 Å². The number of anilines is 1. The largest absolute Gasteiger partial charge is 0.325 e. The number of carbonyl (C=O) groups excluding carboxylic acids is 1. The lowest BCUT2D eigenvalue weighted by Crippen LogP contribution is -2.48. The highest BCUT2D eigenvalue weighted by molar-refractivity contribution is 5.92. The van der Waals surface area contributed by atoms with Crippen LogP contribution in [0.4, 0.5) is 15.8 Å². The van der Waals surface area contributed by atoms with Crippen LogP contribution in [0.2, 0.25) is 0 Å². The topological polar surface area (TPSA) is 78.7 Å². The molecule has 0 radical (unpaired) electrons. The van der Waals surface area contributed by atoms with E-state index >= 15 is 0 Å². The number of rotatable bonds is 6. The summed E-state index contributed by atoms with van der Waals surface area (Å²) < 4.78 is 12.9. The smallest absolute Gasteiger partial charge is 0.272 e. The summed E-state index contributed by atoms with van der Waals surface area (Å²) in [6.45, 7) is 5.77. The molecule has 3 rings (SSSR count). The highest BCUT2D eigenvalue weighted by Gasteiger charge is 2.21. The fourth-order valence-electron chi connectivity index (χ4n) is 3.32. The van der Waals surface area contributed by atoms with E-state index in [2.05, 4.69) is 15.1 Å². The van der Waals surface area contributed by atoms with Crippen LogP contribution in [0, 0.1) is 22.9 Å². The van der Waals surface area contributed by atoms with Crippen LogP contribution in [0.1, 0.15) is 11.1 Å². The standard InChI is InChI=1S/C20H23FN4O3/c1-15-16(3-2-4-19(15)25(27)28)13-23-9-11-24(12-10-23)14-20(26)22-18-7-5-17(21)6-8-18/h2-8H,9-14H2,1H3,(H,22,26). The molecule has 1 aliphatic rings. The Morgan fingerprint density at radius 1 is 1.11 bits per heavy atom. The van der Waals surface area contributed by atoms with Gasteiger partial charge in [0.15, 0.2) is 0 Å². The van der Waals surface area contributed by atoms with Gasteiger partial charge in [-0.15, -0.1) is 0 Å². The number of nitro benzene ring substituents is 1. The summed E-state index contributed by atoms with van der Waals surface area (Å²) in [5, 5.41) is 13.9. The molecule has 2 aromatic carbocycles. The van der Waals surface area contributed by atoms with Crippen molar-refractivity contribution in [2.75, 3.05) is 38.0 Å². The third kappa shape index (κ3) is 5.11. The Bertz CT molecular complexity index is 849. The molecule has 1 aliphatic heterocycles. The zero-order valence-corrected chi connectivity index (χ0v) is 15.7. The van der Waals surface area contributed by atoms with E-state index in [0.29, 0.717) is 17.8 Å². The van der Waals surface area contributed by atoms with E-state index in [-0.39, 0.29) is 28.9 Å². The molecule has 1 saturated heterocycles. The van der Waals surface area contributed by atoms with Gasteiger partial charge in [-0.2, -0.15) is 0 Å². The first kappa shape index (κ1) is 19.9. The summed E-state index contributed by atoms with van der Waals surface area (Å²) in [5.74, 6) is -0.470. The van der Waals surface area contributed by atoms with Crippen LogP contribution in [0.25, 0.3) is 0 Å². The fraction of sp³-hybridized carbons (Fsp3) is 0.350. The Kier molecular flexibility index (Phi) is 6.33. The van der Waals surface area contributed by atoms with Gasteiger partial charge in [-0.1, -0.05) is 12.1 Å². The third-order valence-corrected chi connectivity index (χ3v) is 4.97. The van der Waals surface area contributed by atoms with Crippen LogP contribution in [0.3, 0.4) is 0 Å². The first-order valence-corrected chi connectivity index (χ1v) is 9.15. The molecule has 0 atom stereocenters. The number of carbonyl (C=O) groups is 1. The summed E-state index contributed by atoms with van der Waals surface area (Å²) >= 11 is 0. The molecule has 1 N–H and O–H groups in total. The van der Waals surface area contributed by atoms with Crippen LogP contribution in [-0.4, -0.2) is 53.4 Å². The quantitative estimate of drug-likeness (QED) is 0.610. The van der Waals surface area contributed by atoms with Crippen molar-refractivity contribution in [1.82, 2.24) is 9.80 Å². The fourth-order valence-corrected chi connectivity index (χ4v) is 3.32. The molecule has 1 amide bonds. The Hall–Kier alpha value is -2.84. The van der Waals surface area contributed by atoms with Crippen molar-refractivity contribution < 1.29 is 14.1 Å². The van der Waals surface area contributed by atoms with E-state index in [1.165, 1.54) is 30.3 Å². The Morgan fingerprint density at radius 3 is 2.39 bits per heavy atom. The van der Waals surface area contributed by atoms with Crippen molar-refractivity contribution in [3.05, 3.63) is 69.5 Å². The molecule has 148 valence electrons. The predicted octanol–water partition coefficient (Wildman–Crippen LogP) is 2.80. The van der Waals surface area contributed by atoms with Gasteiger partial charge in [0.25, 0.3) is 5.69 Å². The molecule has 8 heteroatoms.